The Kier molecular flexibility index (Phi) is 10.4. The van der Waals surface area contributed by atoms with Gasteiger partial charge in [0.25, 0.3) is 5.91 Å². The summed E-state index contributed by atoms with van der Waals surface area (Å²) < 4.78 is 0. The molecule has 0 spiro atoms. The number of rotatable bonds is 9. The molecule has 1 atom stereocenters. The summed E-state index contributed by atoms with van der Waals surface area (Å²) in [4.78, 5) is 28.0. The maximum atomic E-state index is 12.8. The van der Waals surface area contributed by atoms with Crippen molar-refractivity contribution in [1.29, 1.82) is 10.8 Å². The van der Waals surface area contributed by atoms with E-state index in [0.29, 0.717) is 23.5 Å². The van der Waals surface area contributed by atoms with E-state index in [0.717, 1.165) is 44.1 Å². The first-order chi connectivity index (χ1) is 13.5. The Morgan fingerprint density at radius 1 is 1.32 bits per heavy atom. The number of aryl methyl sites for hydroxylation is 1. The van der Waals surface area contributed by atoms with Gasteiger partial charge in [0.1, 0.15) is 5.00 Å². The SMILES string of the molecule is C=N.CCCCNC(=O)c1c(NC(=O)CCC)sc2c1CC(N(C)C=N)CC2. The lowest BCUT2D eigenvalue weighted by Crippen LogP contribution is -2.36. The van der Waals surface area contributed by atoms with Crippen LogP contribution in [0.15, 0.2) is 0 Å². The number of fused-ring (bicyclic) bond motifs is 1. The minimum atomic E-state index is -0.0964. The number of nitrogens with zero attached hydrogens (tertiary/aromatic N) is 1. The molecule has 1 unspecified atom stereocenters. The Morgan fingerprint density at radius 2 is 2.04 bits per heavy atom. The number of thiophene rings is 1. The van der Waals surface area contributed by atoms with Crippen LogP contribution in [0.4, 0.5) is 5.00 Å². The van der Waals surface area contributed by atoms with E-state index in [2.05, 4.69) is 24.3 Å². The molecular formula is C20H33N5O2S. The van der Waals surface area contributed by atoms with Crippen molar-refractivity contribution in [1.82, 2.24) is 10.2 Å². The summed E-state index contributed by atoms with van der Waals surface area (Å²) >= 11 is 1.54. The monoisotopic (exact) mass is 407 g/mol. The molecule has 1 aromatic rings. The molecule has 28 heavy (non-hydrogen) atoms. The van der Waals surface area contributed by atoms with E-state index in [1.54, 1.807) is 0 Å². The summed E-state index contributed by atoms with van der Waals surface area (Å²) in [6, 6.07) is 0.219. The second kappa shape index (κ2) is 12.3. The molecule has 1 aliphatic carbocycles. The molecule has 4 N–H and O–H groups in total. The molecule has 0 aliphatic heterocycles. The number of amides is 2. The molecular weight excluding hydrogens is 374 g/mol. The minimum Gasteiger partial charge on any atom is -0.363 e. The lowest BCUT2D eigenvalue weighted by molar-refractivity contribution is -0.116. The first kappa shape index (κ1) is 23.8. The van der Waals surface area contributed by atoms with Crippen molar-refractivity contribution < 1.29 is 9.59 Å². The van der Waals surface area contributed by atoms with Gasteiger partial charge in [-0.05, 0) is 44.4 Å². The van der Waals surface area contributed by atoms with Gasteiger partial charge in [0.15, 0.2) is 0 Å². The summed E-state index contributed by atoms with van der Waals surface area (Å²) in [5.74, 6) is -0.136. The number of likely N-dealkylation sites (N-methyl/N-ethyl adjacent to an activating group) is 1. The molecule has 156 valence electrons. The molecule has 0 saturated carbocycles. The average Bonchev–Trinajstić information content (AvgIpc) is 3.06. The van der Waals surface area contributed by atoms with Gasteiger partial charge in [-0.15, -0.1) is 11.3 Å². The average molecular weight is 408 g/mol. The minimum absolute atomic E-state index is 0.0399. The predicted octanol–water partition coefficient (Wildman–Crippen LogP) is 3.68. The lowest BCUT2D eigenvalue weighted by atomic mass is 9.90. The summed E-state index contributed by atoms with van der Waals surface area (Å²) in [5, 5.41) is 19.6. The molecule has 7 nitrogen and oxygen atoms in total. The molecule has 1 heterocycles. The largest absolute Gasteiger partial charge is 0.363 e. The van der Waals surface area contributed by atoms with E-state index in [4.69, 9.17) is 10.8 Å². The molecule has 0 aromatic carbocycles. The third kappa shape index (κ3) is 6.15. The zero-order chi connectivity index (χ0) is 21.1. The molecule has 2 amide bonds. The van der Waals surface area contributed by atoms with Crippen molar-refractivity contribution >= 4 is 41.2 Å². The van der Waals surface area contributed by atoms with Gasteiger partial charge in [-0.25, -0.2) is 0 Å². The van der Waals surface area contributed by atoms with Crippen LogP contribution < -0.4 is 10.6 Å². The number of hydrogen-bond donors (Lipinski definition) is 4. The maximum Gasteiger partial charge on any atom is 0.254 e. The van der Waals surface area contributed by atoms with Crippen molar-refractivity contribution in [3.8, 4) is 0 Å². The van der Waals surface area contributed by atoms with Gasteiger partial charge < -0.3 is 20.9 Å². The van der Waals surface area contributed by atoms with Crippen LogP contribution in [0.3, 0.4) is 0 Å². The fraction of sp³-hybridized carbons (Fsp3) is 0.600. The Labute approximate surface area is 171 Å². The Bertz CT molecular complexity index is 674. The number of nitrogens with one attached hydrogen (secondary N) is 4. The first-order valence-electron chi connectivity index (χ1n) is 9.82. The summed E-state index contributed by atoms with van der Waals surface area (Å²) in [6.07, 6.45) is 7.11. The Hall–Kier alpha value is -2.22. The smallest absolute Gasteiger partial charge is 0.254 e. The third-order valence-electron chi connectivity index (χ3n) is 4.79. The van der Waals surface area contributed by atoms with Crippen LogP contribution in [-0.4, -0.2) is 49.4 Å². The standard InChI is InChI=1S/C19H30N4O2S.CH3N/c1-4-6-10-21-18(25)17-14-11-13(23(3)12-20)8-9-15(14)26-19(17)22-16(24)7-5-2;1-2/h12-13,20H,4-11H2,1-3H3,(H,21,25)(H,22,24);2H,1H2. The number of carbonyl (C=O) groups excluding carboxylic acids is 2. The van der Waals surface area contributed by atoms with Crippen molar-refractivity contribution in [3.05, 3.63) is 16.0 Å². The van der Waals surface area contributed by atoms with E-state index in [-0.39, 0.29) is 17.9 Å². The fourth-order valence-electron chi connectivity index (χ4n) is 3.23. The van der Waals surface area contributed by atoms with E-state index in [9.17, 15) is 9.59 Å². The van der Waals surface area contributed by atoms with Gasteiger partial charge in [0.2, 0.25) is 5.91 Å². The van der Waals surface area contributed by atoms with Gasteiger partial charge in [-0.3, -0.25) is 15.0 Å². The van der Waals surface area contributed by atoms with Gasteiger partial charge in [-0.1, -0.05) is 20.3 Å². The normalized spacial score (nSPS) is 14.9. The second-order valence-electron chi connectivity index (χ2n) is 6.81. The van der Waals surface area contributed by atoms with Gasteiger partial charge >= 0.3 is 0 Å². The number of carbonyl (C=O) groups is 2. The highest BCUT2D eigenvalue weighted by Crippen LogP contribution is 2.39. The van der Waals surface area contributed by atoms with E-state index >= 15 is 0 Å². The number of anilines is 1. The van der Waals surface area contributed by atoms with Gasteiger partial charge in [0, 0.05) is 30.9 Å². The molecule has 0 saturated heterocycles. The molecule has 0 fully saturated rings. The van der Waals surface area contributed by atoms with Gasteiger partial charge in [-0.2, -0.15) is 0 Å². The van der Waals surface area contributed by atoms with Crippen molar-refractivity contribution in [3.63, 3.8) is 0 Å². The highest BCUT2D eigenvalue weighted by atomic mass is 32.1. The van der Waals surface area contributed by atoms with Crippen LogP contribution in [0.25, 0.3) is 0 Å². The number of unbranched alkanes of at least 4 members (excludes halogenated alkanes) is 1. The van der Waals surface area contributed by atoms with Crippen LogP contribution in [-0.2, 0) is 17.6 Å². The zero-order valence-corrected chi connectivity index (χ0v) is 18.0. The lowest BCUT2D eigenvalue weighted by Gasteiger charge is -2.29. The highest BCUT2D eigenvalue weighted by Gasteiger charge is 2.30. The van der Waals surface area contributed by atoms with Crippen molar-refractivity contribution in [2.75, 3.05) is 18.9 Å². The molecule has 1 aromatic heterocycles. The summed E-state index contributed by atoms with van der Waals surface area (Å²) in [7, 11) is 1.90. The zero-order valence-electron chi connectivity index (χ0n) is 17.2. The van der Waals surface area contributed by atoms with E-state index < -0.39 is 0 Å². The molecule has 8 heteroatoms. The van der Waals surface area contributed by atoms with E-state index in [1.165, 1.54) is 22.6 Å². The predicted molar refractivity (Wildman–Crippen MR) is 117 cm³/mol. The quantitative estimate of drug-likeness (QED) is 0.285. The molecule has 1 aliphatic rings. The maximum absolute atomic E-state index is 12.8. The Morgan fingerprint density at radius 3 is 2.64 bits per heavy atom. The molecule has 0 bridgehead atoms. The fourth-order valence-corrected chi connectivity index (χ4v) is 4.49. The van der Waals surface area contributed by atoms with Crippen LogP contribution in [0.2, 0.25) is 0 Å². The van der Waals surface area contributed by atoms with Gasteiger partial charge in [0.05, 0.1) is 11.9 Å². The van der Waals surface area contributed by atoms with E-state index in [1.807, 2.05) is 18.9 Å². The summed E-state index contributed by atoms with van der Waals surface area (Å²) in [5.41, 5.74) is 1.68. The second-order valence-corrected chi connectivity index (χ2v) is 7.91. The molecule has 2 rings (SSSR count). The number of hydrogen-bond acceptors (Lipinski definition) is 5. The molecule has 0 radical (unpaired) electrons. The topological polar surface area (TPSA) is 109 Å². The van der Waals surface area contributed by atoms with Crippen LogP contribution in [0.1, 0.15) is 66.8 Å². The van der Waals surface area contributed by atoms with Crippen molar-refractivity contribution in [2.24, 2.45) is 0 Å². The van der Waals surface area contributed by atoms with Crippen LogP contribution in [0, 0.1) is 10.8 Å². The first-order valence-corrected chi connectivity index (χ1v) is 10.6. The Balaban J connectivity index is 0.00000190. The van der Waals surface area contributed by atoms with Crippen LogP contribution >= 0.6 is 11.3 Å². The third-order valence-corrected chi connectivity index (χ3v) is 5.99. The highest BCUT2D eigenvalue weighted by molar-refractivity contribution is 7.17. The summed E-state index contributed by atoms with van der Waals surface area (Å²) in [6.45, 7) is 7.20. The van der Waals surface area contributed by atoms with Crippen molar-refractivity contribution in [2.45, 2.75) is 64.8 Å². The van der Waals surface area contributed by atoms with Crippen LogP contribution in [0.5, 0.6) is 0 Å².